The summed E-state index contributed by atoms with van der Waals surface area (Å²) in [5, 5.41) is 13.6. The van der Waals surface area contributed by atoms with Crippen molar-refractivity contribution in [2.75, 3.05) is 13.2 Å². The largest absolute Gasteiger partial charge is 0.394 e. The molecule has 0 aromatic heterocycles. The van der Waals surface area contributed by atoms with E-state index in [4.69, 9.17) is 4.74 Å². The fourth-order valence-electron chi connectivity index (χ4n) is 3.43. The minimum absolute atomic E-state index is 0.135. The van der Waals surface area contributed by atoms with Gasteiger partial charge in [-0.3, -0.25) is 0 Å². The average Bonchev–Trinajstić information content (AvgIpc) is 3.28. The van der Waals surface area contributed by atoms with E-state index in [-0.39, 0.29) is 12.1 Å². The molecule has 0 heterocycles. The first-order chi connectivity index (χ1) is 9.22. The Morgan fingerprint density at radius 2 is 1.74 bits per heavy atom. The van der Waals surface area contributed by atoms with Crippen molar-refractivity contribution in [1.29, 1.82) is 0 Å². The van der Waals surface area contributed by atoms with Gasteiger partial charge in [-0.2, -0.15) is 0 Å². The van der Waals surface area contributed by atoms with E-state index in [1.807, 2.05) is 0 Å². The van der Waals surface area contributed by atoms with Gasteiger partial charge >= 0.3 is 0 Å². The molecule has 3 rings (SSSR count). The predicted molar refractivity (Wildman–Crippen MR) is 76.1 cm³/mol. The van der Waals surface area contributed by atoms with Gasteiger partial charge in [0.1, 0.15) is 0 Å². The summed E-state index contributed by atoms with van der Waals surface area (Å²) in [6.45, 7) is 3.29. The highest BCUT2D eigenvalue weighted by atomic mass is 16.5. The van der Waals surface area contributed by atoms with Crippen molar-refractivity contribution in [3.63, 3.8) is 0 Å². The van der Waals surface area contributed by atoms with E-state index in [0.717, 1.165) is 5.92 Å². The first kappa shape index (κ1) is 13.8. The highest BCUT2D eigenvalue weighted by Gasteiger charge is 2.47. The number of rotatable bonds is 7. The second kappa shape index (κ2) is 5.71. The van der Waals surface area contributed by atoms with Crippen LogP contribution in [0.5, 0.6) is 0 Å². The lowest BCUT2D eigenvalue weighted by Crippen LogP contribution is -2.55. The quantitative estimate of drug-likeness (QED) is 0.744. The summed E-state index contributed by atoms with van der Waals surface area (Å²) in [6, 6.07) is 0.641. The Balaban J connectivity index is 1.52. The Morgan fingerprint density at radius 3 is 2.26 bits per heavy atom. The molecular formula is C16H29NO2. The van der Waals surface area contributed by atoms with E-state index in [2.05, 4.69) is 12.2 Å². The minimum Gasteiger partial charge on any atom is -0.394 e. The third kappa shape index (κ3) is 3.50. The van der Waals surface area contributed by atoms with Crippen LogP contribution in [0.2, 0.25) is 0 Å². The molecular weight excluding hydrogens is 238 g/mol. The van der Waals surface area contributed by atoms with Gasteiger partial charge in [-0.25, -0.2) is 0 Å². The van der Waals surface area contributed by atoms with E-state index < -0.39 is 0 Å². The number of aliphatic hydroxyl groups excluding tert-OH is 1. The lowest BCUT2D eigenvalue weighted by atomic mass is 9.88. The summed E-state index contributed by atoms with van der Waals surface area (Å²) in [5.74, 6) is 1.51. The zero-order valence-electron chi connectivity index (χ0n) is 12.2. The molecule has 0 aromatic rings. The predicted octanol–water partition coefficient (Wildman–Crippen LogP) is 2.47. The van der Waals surface area contributed by atoms with Crippen LogP contribution >= 0.6 is 0 Å². The van der Waals surface area contributed by atoms with Gasteiger partial charge in [0.25, 0.3) is 0 Å². The summed E-state index contributed by atoms with van der Waals surface area (Å²) < 4.78 is 6.20. The third-order valence-electron chi connectivity index (χ3n) is 5.25. The maximum atomic E-state index is 9.89. The average molecular weight is 267 g/mol. The van der Waals surface area contributed by atoms with Gasteiger partial charge in [0.15, 0.2) is 0 Å². The highest BCUT2D eigenvalue weighted by molar-refractivity contribution is 5.04. The lowest BCUT2D eigenvalue weighted by Gasteiger charge is -2.36. The minimum atomic E-state index is -0.135. The summed E-state index contributed by atoms with van der Waals surface area (Å²) in [5.41, 5.74) is -0.135. The molecule has 3 heteroatoms. The molecule has 0 bridgehead atoms. The van der Waals surface area contributed by atoms with Crippen LogP contribution < -0.4 is 5.32 Å². The normalized spacial score (nSPS) is 35.1. The second-order valence-corrected chi connectivity index (χ2v) is 7.20. The molecule has 0 amide bonds. The molecule has 110 valence electrons. The maximum absolute atomic E-state index is 9.89. The molecule has 3 nitrogen and oxygen atoms in total. The van der Waals surface area contributed by atoms with Crippen LogP contribution in [0.15, 0.2) is 0 Å². The van der Waals surface area contributed by atoms with Crippen molar-refractivity contribution in [1.82, 2.24) is 5.32 Å². The summed E-state index contributed by atoms with van der Waals surface area (Å²) >= 11 is 0. The van der Waals surface area contributed by atoms with E-state index in [1.54, 1.807) is 0 Å². The number of ether oxygens (including phenoxy) is 1. The van der Waals surface area contributed by atoms with Gasteiger partial charge in [-0.1, -0.05) is 6.92 Å². The molecule has 19 heavy (non-hydrogen) atoms. The summed E-state index contributed by atoms with van der Waals surface area (Å²) in [7, 11) is 0. The first-order valence-corrected chi connectivity index (χ1v) is 8.22. The Hall–Kier alpha value is -0.120. The van der Waals surface area contributed by atoms with Crippen LogP contribution in [0.1, 0.15) is 58.3 Å². The van der Waals surface area contributed by atoms with Gasteiger partial charge in [0.2, 0.25) is 0 Å². The van der Waals surface area contributed by atoms with Crippen LogP contribution in [0.4, 0.5) is 0 Å². The van der Waals surface area contributed by atoms with E-state index >= 15 is 0 Å². The molecule has 0 saturated heterocycles. The topological polar surface area (TPSA) is 41.5 Å². The van der Waals surface area contributed by atoms with Crippen molar-refractivity contribution in [3.05, 3.63) is 0 Å². The zero-order chi connectivity index (χ0) is 13.3. The van der Waals surface area contributed by atoms with Crippen molar-refractivity contribution >= 4 is 0 Å². The lowest BCUT2D eigenvalue weighted by molar-refractivity contribution is -0.0365. The van der Waals surface area contributed by atoms with E-state index in [1.165, 1.54) is 51.4 Å². The summed E-state index contributed by atoms with van der Waals surface area (Å²) in [4.78, 5) is 0. The Bertz CT molecular complexity index is 293. The van der Waals surface area contributed by atoms with E-state index in [9.17, 15) is 5.11 Å². The second-order valence-electron chi connectivity index (χ2n) is 7.20. The van der Waals surface area contributed by atoms with Gasteiger partial charge in [-0.15, -0.1) is 0 Å². The van der Waals surface area contributed by atoms with Crippen LogP contribution in [-0.4, -0.2) is 36.0 Å². The standard InChI is InChI=1S/C16H29NO2/c1-12-2-8-15(9-3-12)19-11-16(10-18,13-4-5-13)17-14-6-7-14/h12-15,17-18H,2-11H2,1H3. The zero-order valence-corrected chi connectivity index (χ0v) is 12.2. The molecule has 3 saturated carbocycles. The number of aliphatic hydroxyl groups is 1. The molecule has 1 atom stereocenters. The van der Waals surface area contributed by atoms with Crippen LogP contribution in [0.25, 0.3) is 0 Å². The molecule has 1 unspecified atom stereocenters. The fourth-order valence-corrected chi connectivity index (χ4v) is 3.43. The SMILES string of the molecule is CC1CCC(OCC(CO)(NC2CC2)C2CC2)CC1. The molecule has 0 aliphatic heterocycles. The van der Waals surface area contributed by atoms with Crippen molar-refractivity contribution in [3.8, 4) is 0 Å². The third-order valence-corrected chi connectivity index (χ3v) is 5.25. The molecule has 0 spiro atoms. The Kier molecular flexibility index (Phi) is 4.16. The van der Waals surface area contributed by atoms with Crippen molar-refractivity contribution in [2.45, 2.75) is 76.0 Å². The Labute approximate surface area is 117 Å². The first-order valence-electron chi connectivity index (χ1n) is 8.22. The van der Waals surface area contributed by atoms with Gasteiger partial charge in [0.05, 0.1) is 24.9 Å². The monoisotopic (exact) mass is 267 g/mol. The molecule has 2 N–H and O–H groups in total. The van der Waals surface area contributed by atoms with Gasteiger partial charge in [0, 0.05) is 6.04 Å². The van der Waals surface area contributed by atoms with Crippen molar-refractivity contribution in [2.24, 2.45) is 11.8 Å². The van der Waals surface area contributed by atoms with Crippen molar-refractivity contribution < 1.29 is 9.84 Å². The van der Waals surface area contributed by atoms with Gasteiger partial charge in [-0.05, 0) is 63.2 Å². The molecule has 0 radical (unpaired) electrons. The molecule has 3 fully saturated rings. The number of nitrogens with one attached hydrogen (secondary N) is 1. The molecule has 3 aliphatic carbocycles. The van der Waals surface area contributed by atoms with Crippen LogP contribution in [-0.2, 0) is 4.74 Å². The molecule has 0 aromatic carbocycles. The van der Waals surface area contributed by atoms with Crippen LogP contribution in [0.3, 0.4) is 0 Å². The van der Waals surface area contributed by atoms with Crippen LogP contribution in [0, 0.1) is 11.8 Å². The molecule has 3 aliphatic rings. The number of hydrogen-bond donors (Lipinski definition) is 2. The maximum Gasteiger partial charge on any atom is 0.0681 e. The number of hydrogen-bond acceptors (Lipinski definition) is 3. The Morgan fingerprint density at radius 1 is 1.05 bits per heavy atom. The fraction of sp³-hybridized carbons (Fsp3) is 1.00. The van der Waals surface area contributed by atoms with Gasteiger partial charge < -0.3 is 15.2 Å². The van der Waals surface area contributed by atoms with E-state index in [0.29, 0.717) is 24.7 Å². The smallest absolute Gasteiger partial charge is 0.0681 e. The summed E-state index contributed by atoms with van der Waals surface area (Å²) in [6.07, 6.45) is 10.5. The highest BCUT2D eigenvalue weighted by Crippen LogP contribution is 2.42.